The first-order valence-corrected chi connectivity index (χ1v) is 4.94. The van der Waals surface area contributed by atoms with Crippen molar-refractivity contribution in [2.45, 2.75) is 19.4 Å². The normalized spacial score (nSPS) is 12.1. The maximum Gasteiger partial charge on any atom is 0.310 e. The smallest absolute Gasteiger partial charge is 0.310 e. The Morgan fingerprint density at radius 2 is 2.00 bits per heavy atom. The first-order valence-electron chi connectivity index (χ1n) is 4.94. The highest BCUT2D eigenvalue weighted by atomic mass is 16.6. The van der Waals surface area contributed by atoms with E-state index in [9.17, 15) is 4.79 Å². The minimum absolute atomic E-state index is 0.189. The van der Waals surface area contributed by atoms with Crippen LogP contribution in [0.2, 0.25) is 0 Å². The molecule has 0 aromatic heterocycles. The van der Waals surface area contributed by atoms with E-state index >= 15 is 0 Å². The van der Waals surface area contributed by atoms with Gasteiger partial charge in [-0.2, -0.15) is 0 Å². The molecule has 1 rings (SSSR count). The summed E-state index contributed by atoms with van der Waals surface area (Å²) in [5.74, 6) is -0.217. The highest BCUT2D eigenvalue weighted by Crippen LogP contribution is 2.02. The van der Waals surface area contributed by atoms with E-state index in [-0.39, 0.29) is 12.1 Å². The lowest BCUT2D eigenvalue weighted by Gasteiger charge is -2.11. The zero-order valence-electron chi connectivity index (χ0n) is 9.10. The van der Waals surface area contributed by atoms with E-state index < -0.39 is 0 Å². The van der Waals surface area contributed by atoms with Crippen LogP contribution in [0.3, 0.4) is 0 Å². The molecule has 15 heavy (non-hydrogen) atoms. The van der Waals surface area contributed by atoms with Gasteiger partial charge in [0, 0.05) is 7.11 Å². The van der Waals surface area contributed by atoms with Crippen LogP contribution in [0.25, 0.3) is 0 Å². The van der Waals surface area contributed by atoms with Crippen LogP contribution in [-0.4, -0.2) is 25.8 Å². The fourth-order valence-electron chi connectivity index (χ4n) is 1.30. The number of carbonyl (C=O) groups is 1. The summed E-state index contributed by atoms with van der Waals surface area (Å²) in [6, 6.07) is 9.54. The number of carbonyl (C=O) groups excluding carboxylic acids is 1. The molecule has 3 nitrogen and oxygen atoms in total. The first kappa shape index (κ1) is 11.7. The second-order valence-electron chi connectivity index (χ2n) is 3.42. The summed E-state index contributed by atoms with van der Waals surface area (Å²) in [4.78, 5) is 11.4. The Morgan fingerprint density at radius 3 is 2.60 bits per heavy atom. The van der Waals surface area contributed by atoms with Gasteiger partial charge < -0.3 is 9.47 Å². The largest absolute Gasteiger partial charge is 0.460 e. The van der Waals surface area contributed by atoms with Gasteiger partial charge in [0.05, 0.1) is 13.0 Å². The number of rotatable bonds is 5. The summed E-state index contributed by atoms with van der Waals surface area (Å²) in [7, 11) is 1.58. The van der Waals surface area contributed by atoms with Crippen molar-refractivity contribution in [2.75, 3.05) is 13.7 Å². The van der Waals surface area contributed by atoms with E-state index in [1.54, 1.807) is 7.11 Å². The van der Waals surface area contributed by atoms with Crippen LogP contribution in [0.1, 0.15) is 12.5 Å². The molecule has 0 aliphatic rings. The second kappa shape index (κ2) is 6.19. The third-order valence-electron chi connectivity index (χ3n) is 1.93. The molecule has 3 heteroatoms. The van der Waals surface area contributed by atoms with Crippen LogP contribution in [0.15, 0.2) is 30.3 Å². The van der Waals surface area contributed by atoms with Gasteiger partial charge in [-0.05, 0) is 12.5 Å². The Bertz CT molecular complexity index is 295. The lowest BCUT2D eigenvalue weighted by Crippen LogP contribution is -2.20. The second-order valence-corrected chi connectivity index (χ2v) is 3.42. The quantitative estimate of drug-likeness (QED) is 0.692. The molecule has 0 radical (unpaired) electrons. The molecule has 0 saturated heterocycles. The zero-order valence-corrected chi connectivity index (χ0v) is 9.10. The summed E-state index contributed by atoms with van der Waals surface area (Å²) in [6.45, 7) is 2.24. The molecule has 1 aromatic carbocycles. The summed E-state index contributed by atoms with van der Waals surface area (Å²) < 4.78 is 10.0. The van der Waals surface area contributed by atoms with E-state index in [4.69, 9.17) is 9.47 Å². The van der Waals surface area contributed by atoms with Crippen LogP contribution in [0.4, 0.5) is 0 Å². The molecule has 1 atom stereocenters. The minimum Gasteiger partial charge on any atom is -0.460 e. The number of hydrogen-bond acceptors (Lipinski definition) is 3. The van der Waals surface area contributed by atoms with Crippen LogP contribution in [0.5, 0.6) is 0 Å². The Kier molecular flexibility index (Phi) is 4.84. The van der Waals surface area contributed by atoms with Gasteiger partial charge >= 0.3 is 5.97 Å². The Morgan fingerprint density at radius 1 is 1.33 bits per heavy atom. The standard InChI is InChI=1S/C12H16O3/c1-10(9-14-2)15-12(13)8-11-6-4-3-5-7-11/h3-7,10H,8-9H2,1-2H3. The third kappa shape index (κ3) is 4.61. The van der Waals surface area contributed by atoms with Gasteiger partial charge in [0.25, 0.3) is 0 Å². The SMILES string of the molecule is COCC(C)OC(=O)Cc1ccccc1. The average molecular weight is 208 g/mol. The van der Waals surface area contributed by atoms with E-state index in [2.05, 4.69) is 0 Å². The van der Waals surface area contributed by atoms with Crippen molar-refractivity contribution in [2.24, 2.45) is 0 Å². The molecule has 0 aliphatic heterocycles. The van der Waals surface area contributed by atoms with Crippen LogP contribution in [0, 0.1) is 0 Å². The Hall–Kier alpha value is -1.35. The molecule has 0 N–H and O–H groups in total. The van der Waals surface area contributed by atoms with Crippen molar-refractivity contribution in [3.8, 4) is 0 Å². The van der Waals surface area contributed by atoms with Crippen LogP contribution >= 0.6 is 0 Å². The van der Waals surface area contributed by atoms with Gasteiger partial charge in [-0.1, -0.05) is 30.3 Å². The van der Waals surface area contributed by atoms with Crippen molar-refractivity contribution < 1.29 is 14.3 Å². The zero-order chi connectivity index (χ0) is 11.1. The van der Waals surface area contributed by atoms with Crippen molar-refractivity contribution in [1.29, 1.82) is 0 Å². The number of ether oxygens (including phenoxy) is 2. The van der Waals surface area contributed by atoms with Crippen LogP contribution < -0.4 is 0 Å². The summed E-state index contributed by atoms with van der Waals surface area (Å²) in [6.07, 6.45) is 0.126. The van der Waals surface area contributed by atoms with E-state index in [0.29, 0.717) is 13.0 Å². The van der Waals surface area contributed by atoms with Crippen molar-refractivity contribution >= 4 is 5.97 Å². The van der Waals surface area contributed by atoms with Gasteiger partial charge in [-0.3, -0.25) is 4.79 Å². The number of methoxy groups -OCH3 is 1. The lowest BCUT2D eigenvalue weighted by atomic mass is 10.2. The van der Waals surface area contributed by atoms with Gasteiger partial charge in [0.15, 0.2) is 0 Å². The van der Waals surface area contributed by atoms with Gasteiger partial charge in [-0.25, -0.2) is 0 Å². The third-order valence-corrected chi connectivity index (χ3v) is 1.93. The first-order chi connectivity index (χ1) is 7.22. The van der Waals surface area contributed by atoms with Crippen molar-refractivity contribution in [3.63, 3.8) is 0 Å². The van der Waals surface area contributed by atoms with E-state index in [0.717, 1.165) is 5.56 Å². The Balaban J connectivity index is 2.36. The number of hydrogen-bond donors (Lipinski definition) is 0. The molecule has 0 aliphatic carbocycles. The van der Waals surface area contributed by atoms with Gasteiger partial charge in [0.2, 0.25) is 0 Å². The fourth-order valence-corrected chi connectivity index (χ4v) is 1.30. The molecule has 1 unspecified atom stereocenters. The minimum atomic E-state index is -0.217. The lowest BCUT2D eigenvalue weighted by molar-refractivity contribution is -0.149. The van der Waals surface area contributed by atoms with Crippen LogP contribution in [-0.2, 0) is 20.7 Å². The average Bonchev–Trinajstić information content (AvgIpc) is 2.19. The molecule has 0 spiro atoms. The molecule has 82 valence electrons. The highest BCUT2D eigenvalue weighted by molar-refractivity contribution is 5.72. The fraction of sp³-hybridized carbons (Fsp3) is 0.417. The Labute approximate surface area is 90.0 Å². The maximum absolute atomic E-state index is 11.4. The van der Waals surface area contributed by atoms with Gasteiger partial charge in [0.1, 0.15) is 6.10 Å². The summed E-state index contributed by atoms with van der Waals surface area (Å²) >= 11 is 0. The topological polar surface area (TPSA) is 35.5 Å². The number of esters is 1. The number of benzene rings is 1. The predicted molar refractivity (Wildman–Crippen MR) is 57.6 cm³/mol. The monoisotopic (exact) mass is 208 g/mol. The molecule has 0 heterocycles. The molecule has 1 aromatic rings. The molecule has 0 fully saturated rings. The highest BCUT2D eigenvalue weighted by Gasteiger charge is 2.09. The van der Waals surface area contributed by atoms with Gasteiger partial charge in [-0.15, -0.1) is 0 Å². The summed E-state index contributed by atoms with van der Waals surface area (Å²) in [5.41, 5.74) is 0.965. The molecular formula is C12H16O3. The maximum atomic E-state index is 11.4. The van der Waals surface area contributed by atoms with E-state index in [1.807, 2.05) is 37.3 Å². The molecular weight excluding hydrogens is 192 g/mol. The molecule has 0 amide bonds. The van der Waals surface area contributed by atoms with Crippen molar-refractivity contribution in [1.82, 2.24) is 0 Å². The molecule has 0 saturated carbocycles. The molecule has 0 bridgehead atoms. The predicted octanol–water partition coefficient (Wildman–Crippen LogP) is 1.81. The van der Waals surface area contributed by atoms with E-state index in [1.165, 1.54) is 0 Å². The summed E-state index contributed by atoms with van der Waals surface area (Å²) in [5, 5.41) is 0. The van der Waals surface area contributed by atoms with Crippen molar-refractivity contribution in [3.05, 3.63) is 35.9 Å².